The highest BCUT2D eigenvalue weighted by molar-refractivity contribution is 7.99. The van der Waals surface area contributed by atoms with Gasteiger partial charge in [-0.05, 0) is 30.7 Å². The molecule has 0 aliphatic rings. The minimum absolute atomic E-state index is 0.317. The van der Waals surface area contributed by atoms with Crippen molar-refractivity contribution in [2.24, 2.45) is 0 Å². The van der Waals surface area contributed by atoms with Crippen molar-refractivity contribution < 1.29 is 9.53 Å². The molecule has 0 amide bonds. The highest BCUT2D eigenvalue weighted by Gasteiger charge is 1.96. The Labute approximate surface area is 126 Å². The summed E-state index contributed by atoms with van der Waals surface area (Å²) in [5.41, 5.74) is 0. The van der Waals surface area contributed by atoms with Crippen molar-refractivity contribution in [3.63, 3.8) is 0 Å². The van der Waals surface area contributed by atoms with Gasteiger partial charge >= 0.3 is 5.97 Å². The zero-order valence-corrected chi connectivity index (χ0v) is 12.9. The number of carbonyl (C=O) groups is 1. The Morgan fingerprint density at radius 3 is 2.40 bits per heavy atom. The van der Waals surface area contributed by atoms with Crippen molar-refractivity contribution in [3.8, 4) is 0 Å². The average Bonchev–Trinajstić information content (AvgIpc) is 2.50. The predicted octanol–water partition coefficient (Wildman–Crippen LogP) is 4.85. The van der Waals surface area contributed by atoms with E-state index in [9.17, 15) is 4.79 Å². The first kappa shape index (κ1) is 16.8. The maximum Gasteiger partial charge on any atom is 0.330 e. The van der Waals surface area contributed by atoms with Crippen LogP contribution in [0.25, 0.3) is 0 Å². The van der Waals surface area contributed by atoms with Gasteiger partial charge in [0.2, 0.25) is 0 Å². The fourth-order valence-electron chi connectivity index (χ4n) is 1.85. The molecule has 1 aromatic rings. The Balaban J connectivity index is 1.83. The van der Waals surface area contributed by atoms with Crippen LogP contribution in [0.1, 0.15) is 38.5 Å². The molecule has 1 rings (SSSR count). The van der Waals surface area contributed by atoms with Crippen LogP contribution in [0.3, 0.4) is 0 Å². The van der Waals surface area contributed by atoms with Crippen LogP contribution in [0.4, 0.5) is 0 Å². The van der Waals surface area contributed by atoms with E-state index < -0.39 is 0 Å². The van der Waals surface area contributed by atoms with Crippen LogP contribution >= 0.6 is 11.8 Å². The van der Waals surface area contributed by atoms with Crippen molar-refractivity contribution in [3.05, 3.63) is 43.0 Å². The standard InChI is InChI=1S/C17H24O2S/c1-2-17(18)19-14-10-5-3-4-6-11-15-20-16-12-8-7-9-13-16/h2,7-9,12-13H,1,3-6,10-11,14-15H2. The molecule has 2 nitrogen and oxygen atoms in total. The minimum Gasteiger partial charge on any atom is -0.463 e. The molecule has 3 heteroatoms. The molecule has 0 heterocycles. The molecule has 0 saturated heterocycles. The number of esters is 1. The van der Waals surface area contributed by atoms with Crippen molar-refractivity contribution in [1.82, 2.24) is 0 Å². The zero-order chi connectivity index (χ0) is 14.5. The molecule has 20 heavy (non-hydrogen) atoms. The molecule has 1 aromatic carbocycles. The Bertz CT molecular complexity index is 376. The molecule has 0 bridgehead atoms. The van der Waals surface area contributed by atoms with E-state index in [-0.39, 0.29) is 5.97 Å². The van der Waals surface area contributed by atoms with Gasteiger partial charge in [-0.3, -0.25) is 0 Å². The lowest BCUT2D eigenvalue weighted by molar-refractivity contribution is -0.137. The topological polar surface area (TPSA) is 26.3 Å². The predicted molar refractivity (Wildman–Crippen MR) is 86.0 cm³/mol. The molecular weight excluding hydrogens is 268 g/mol. The van der Waals surface area contributed by atoms with Crippen molar-refractivity contribution >= 4 is 17.7 Å². The Hall–Kier alpha value is -1.22. The average molecular weight is 292 g/mol. The van der Waals surface area contributed by atoms with Gasteiger partial charge in [-0.15, -0.1) is 11.8 Å². The summed E-state index contributed by atoms with van der Waals surface area (Å²) >= 11 is 1.93. The smallest absolute Gasteiger partial charge is 0.330 e. The SMILES string of the molecule is C=CC(=O)OCCCCCCCCSc1ccccc1. The zero-order valence-electron chi connectivity index (χ0n) is 12.1. The number of benzene rings is 1. The summed E-state index contributed by atoms with van der Waals surface area (Å²) in [7, 11) is 0. The number of ether oxygens (including phenoxy) is 1. The number of hydrogen-bond acceptors (Lipinski definition) is 3. The molecule has 110 valence electrons. The van der Waals surface area contributed by atoms with E-state index in [0.717, 1.165) is 12.8 Å². The Morgan fingerprint density at radius 1 is 1.05 bits per heavy atom. The van der Waals surface area contributed by atoms with E-state index in [0.29, 0.717) is 6.61 Å². The van der Waals surface area contributed by atoms with Gasteiger partial charge in [0.1, 0.15) is 0 Å². The quantitative estimate of drug-likeness (QED) is 0.252. The summed E-state index contributed by atoms with van der Waals surface area (Å²) < 4.78 is 4.92. The second-order valence-electron chi connectivity index (χ2n) is 4.65. The highest BCUT2D eigenvalue weighted by atomic mass is 32.2. The van der Waals surface area contributed by atoms with Gasteiger partial charge in [0.15, 0.2) is 0 Å². The van der Waals surface area contributed by atoms with Crippen LogP contribution in [0.5, 0.6) is 0 Å². The lowest BCUT2D eigenvalue weighted by Crippen LogP contribution is -2.01. The molecule has 0 aliphatic heterocycles. The number of hydrogen-bond donors (Lipinski definition) is 0. The van der Waals surface area contributed by atoms with Crippen LogP contribution in [-0.4, -0.2) is 18.3 Å². The third-order valence-corrected chi connectivity index (χ3v) is 4.06. The van der Waals surface area contributed by atoms with Crippen LogP contribution in [0.15, 0.2) is 47.9 Å². The summed E-state index contributed by atoms with van der Waals surface area (Å²) in [4.78, 5) is 12.2. The summed E-state index contributed by atoms with van der Waals surface area (Å²) in [5, 5.41) is 0. The first-order chi connectivity index (χ1) is 9.83. The molecule has 0 atom stereocenters. The van der Waals surface area contributed by atoms with E-state index >= 15 is 0 Å². The number of unbranched alkanes of at least 4 members (excludes halogenated alkanes) is 5. The molecule has 0 spiro atoms. The molecule has 0 aromatic heterocycles. The summed E-state index contributed by atoms with van der Waals surface area (Å²) in [6.07, 6.45) is 8.35. The van der Waals surface area contributed by atoms with E-state index in [1.54, 1.807) is 0 Å². The van der Waals surface area contributed by atoms with Crippen molar-refractivity contribution in [2.75, 3.05) is 12.4 Å². The normalized spacial score (nSPS) is 10.2. The van der Waals surface area contributed by atoms with Crippen LogP contribution in [0, 0.1) is 0 Å². The van der Waals surface area contributed by atoms with Gasteiger partial charge in [-0.1, -0.05) is 50.5 Å². The fraction of sp³-hybridized carbons (Fsp3) is 0.471. The Kier molecular flexibility index (Phi) is 9.76. The number of carbonyl (C=O) groups excluding carboxylic acids is 1. The lowest BCUT2D eigenvalue weighted by Gasteiger charge is -2.03. The summed E-state index contributed by atoms with van der Waals surface area (Å²) in [5.74, 6) is 0.879. The van der Waals surface area contributed by atoms with Crippen molar-refractivity contribution in [1.29, 1.82) is 0 Å². The maximum absolute atomic E-state index is 10.8. The van der Waals surface area contributed by atoms with Gasteiger partial charge in [0.25, 0.3) is 0 Å². The molecule has 0 fully saturated rings. The van der Waals surface area contributed by atoms with E-state index in [1.807, 2.05) is 11.8 Å². The second kappa shape index (κ2) is 11.6. The van der Waals surface area contributed by atoms with E-state index in [2.05, 4.69) is 36.9 Å². The summed E-state index contributed by atoms with van der Waals surface area (Å²) in [6, 6.07) is 10.5. The van der Waals surface area contributed by atoms with E-state index in [1.165, 1.54) is 42.4 Å². The maximum atomic E-state index is 10.8. The van der Waals surface area contributed by atoms with Crippen LogP contribution in [0.2, 0.25) is 0 Å². The summed E-state index contributed by atoms with van der Waals surface area (Å²) in [6.45, 7) is 3.89. The second-order valence-corrected chi connectivity index (χ2v) is 5.82. The van der Waals surface area contributed by atoms with Gasteiger partial charge in [-0.2, -0.15) is 0 Å². The number of rotatable bonds is 11. The fourth-order valence-corrected chi connectivity index (χ4v) is 2.78. The molecule has 0 radical (unpaired) electrons. The monoisotopic (exact) mass is 292 g/mol. The van der Waals surface area contributed by atoms with Crippen LogP contribution in [-0.2, 0) is 9.53 Å². The molecule has 0 N–H and O–H groups in total. The molecule has 0 unspecified atom stereocenters. The molecule has 0 saturated carbocycles. The Morgan fingerprint density at radius 2 is 1.70 bits per heavy atom. The first-order valence-electron chi connectivity index (χ1n) is 7.30. The van der Waals surface area contributed by atoms with Gasteiger partial charge in [0.05, 0.1) is 6.61 Å². The van der Waals surface area contributed by atoms with Gasteiger partial charge in [0, 0.05) is 11.0 Å². The third-order valence-electron chi connectivity index (χ3n) is 2.96. The third kappa shape index (κ3) is 8.81. The number of thioether (sulfide) groups is 1. The molecule has 0 aliphatic carbocycles. The molecular formula is C17H24O2S. The largest absolute Gasteiger partial charge is 0.463 e. The van der Waals surface area contributed by atoms with E-state index in [4.69, 9.17) is 4.74 Å². The highest BCUT2D eigenvalue weighted by Crippen LogP contribution is 2.19. The minimum atomic E-state index is -0.317. The van der Waals surface area contributed by atoms with Gasteiger partial charge < -0.3 is 4.74 Å². The first-order valence-corrected chi connectivity index (χ1v) is 8.28. The van der Waals surface area contributed by atoms with Gasteiger partial charge in [-0.25, -0.2) is 4.79 Å². The van der Waals surface area contributed by atoms with Crippen LogP contribution < -0.4 is 0 Å². The lowest BCUT2D eigenvalue weighted by atomic mass is 10.1. The van der Waals surface area contributed by atoms with Crippen molar-refractivity contribution in [2.45, 2.75) is 43.4 Å².